The number of carbonyl (C=O) groups excluding carboxylic acids is 1. The predicted molar refractivity (Wildman–Crippen MR) is 118 cm³/mol. The molecule has 0 aliphatic rings. The molecule has 0 spiro atoms. The van der Waals surface area contributed by atoms with E-state index in [1.165, 1.54) is 11.1 Å². The summed E-state index contributed by atoms with van der Waals surface area (Å²) in [5.41, 5.74) is 4.19. The predicted octanol–water partition coefficient (Wildman–Crippen LogP) is 3.23. The van der Waals surface area contributed by atoms with Gasteiger partial charge in [-0.15, -0.1) is 24.0 Å². The van der Waals surface area contributed by atoms with Crippen molar-refractivity contribution in [2.75, 3.05) is 13.6 Å². The van der Waals surface area contributed by atoms with E-state index < -0.39 is 0 Å². The normalized spacial score (nSPS) is 10.7. The van der Waals surface area contributed by atoms with Crippen molar-refractivity contribution in [2.45, 2.75) is 26.9 Å². The number of nitrogens with zero attached hydrogens (tertiary/aromatic N) is 1. The minimum Gasteiger partial charge on any atom is -0.352 e. The Labute approximate surface area is 172 Å². The van der Waals surface area contributed by atoms with Gasteiger partial charge in [-0.25, -0.2) is 0 Å². The first-order valence-corrected chi connectivity index (χ1v) is 8.50. The lowest BCUT2D eigenvalue weighted by Gasteiger charge is -2.13. The lowest BCUT2D eigenvalue weighted by molar-refractivity contribution is 0.0955. The Kier molecular flexibility index (Phi) is 9.72. The maximum Gasteiger partial charge on any atom is 0.251 e. The number of guanidine groups is 1. The highest BCUT2D eigenvalue weighted by atomic mass is 127. The lowest BCUT2D eigenvalue weighted by atomic mass is 10.1. The van der Waals surface area contributed by atoms with Crippen molar-refractivity contribution < 1.29 is 4.79 Å². The molecule has 140 valence electrons. The quantitative estimate of drug-likeness (QED) is 0.348. The van der Waals surface area contributed by atoms with Crippen LogP contribution in [0.15, 0.2) is 53.5 Å². The van der Waals surface area contributed by atoms with E-state index in [1.54, 1.807) is 7.05 Å². The standard InChI is InChI=1S/C20H26N4O.HI/c1-4-22-19(25)17-11-7-9-16(12-17)13-23-20(21-3)24-14-18-10-6-5-8-15(18)2;/h5-12H,4,13-14H2,1-3H3,(H,22,25)(H2,21,23,24);1H. The molecule has 0 aliphatic carbocycles. The third-order valence-corrected chi connectivity index (χ3v) is 3.92. The molecule has 0 aromatic heterocycles. The second-order valence-corrected chi connectivity index (χ2v) is 5.77. The minimum absolute atomic E-state index is 0. The second-order valence-electron chi connectivity index (χ2n) is 5.77. The van der Waals surface area contributed by atoms with Gasteiger partial charge in [-0.2, -0.15) is 0 Å². The van der Waals surface area contributed by atoms with Gasteiger partial charge in [0.1, 0.15) is 0 Å². The van der Waals surface area contributed by atoms with Crippen molar-refractivity contribution in [1.29, 1.82) is 0 Å². The van der Waals surface area contributed by atoms with Gasteiger partial charge in [-0.05, 0) is 42.7 Å². The monoisotopic (exact) mass is 466 g/mol. The topological polar surface area (TPSA) is 65.5 Å². The molecule has 0 saturated carbocycles. The zero-order chi connectivity index (χ0) is 18.1. The summed E-state index contributed by atoms with van der Waals surface area (Å²) in [6, 6.07) is 15.9. The molecule has 0 radical (unpaired) electrons. The molecule has 0 aliphatic heterocycles. The first-order chi connectivity index (χ1) is 12.1. The average molecular weight is 466 g/mol. The Morgan fingerprint density at radius 2 is 1.73 bits per heavy atom. The van der Waals surface area contributed by atoms with Gasteiger partial charge in [-0.3, -0.25) is 9.79 Å². The third kappa shape index (κ3) is 6.67. The molecule has 2 aromatic rings. The van der Waals surface area contributed by atoms with E-state index in [-0.39, 0.29) is 29.9 Å². The lowest BCUT2D eigenvalue weighted by Crippen LogP contribution is -2.36. The van der Waals surface area contributed by atoms with Crippen molar-refractivity contribution in [1.82, 2.24) is 16.0 Å². The van der Waals surface area contributed by atoms with Crippen LogP contribution in [0.1, 0.15) is 34.0 Å². The van der Waals surface area contributed by atoms with E-state index in [9.17, 15) is 4.79 Å². The van der Waals surface area contributed by atoms with Crippen molar-refractivity contribution in [3.8, 4) is 0 Å². The van der Waals surface area contributed by atoms with Crippen molar-refractivity contribution in [2.24, 2.45) is 4.99 Å². The summed E-state index contributed by atoms with van der Waals surface area (Å²) >= 11 is 0. The van der Waals surface area contributed by atoms with E-state index in [4.69, 9.17) is 0 Å². The second kappa shape index (κ2) is 11.5. The fourth-order valence-corrected chi connectivity index (χ4v) is 2.48. The van der Waals surface area contributed by atoms with Gasteiger partial charge in [-0.1, -0.05) is 36.4 Å². The third-order valence-electron chi connectivity index (χ3n) is 3.92. The van der Waals surface area contributed by atoms with Crippen LogP contribution in [0.2, 0.25) is 0 Å². The summed E-state index contributed by atoms with van der Waals surface area (Å²) < 4.78 is 0. The molecule has 1 amide bonds. The smallest absolute Gasteiger partial charge is 0.251 e. The number of amides is 1. The first-order valence-electron chi connectivity index (χ1n) is 8.50. The zero-order valence-corrected chi connectivity index (χ0v) is 17.8. The first kappa shape index (κ1) is 22.0. The van der Waals surface area contributed by atoms with Crippen LogP contribution in [0.3, 0.4) is 0 Å². The fourth-order valence-electron chi connectivity index (χ4n) is 2.48. The molecular formula is C20H27IN4O. The number of aliphatic imine (C=N–C) groups is 1. The number of aryl methyl sites for hydroxylation is 1. The summed E-state index contributed by atoms with van der Waals surface area (Å²) in [5.74, 6) is 0.679. The highest BCUT2D eigenvalue weighted by Crippen LogP contribution is 2.07. The maximum absolute atomic E-state index is 11.9. The van der Waals surface area contributed by atoms with Gasteiger partial charge >= 0.3 is 0 Å². The van der Waals surface area contributed by atoms with Crippen LogP contribution < -0.4 is 16.0 Å². The van der Waals surface area contributed by atoms with Gasteiger partial charge < -0.3 is 16.0 Å². The zero-order valence-electron chi connectivity index (χ0n) is 15.5. The number of halogens is 1. The Morgan fingerprint density at radius 3 is 2.42 bits per heavy atom. The van der Waals surface area contributed by atoms with Crippen LogP contribution in [-0.2, 0) is 13.1 Å². The van der Waals surface area contributed by atoms with E-state index in [0.29, 0.717) is 25.2 Å². The molecule has 0 unspecified atom stereocenters. The molecule has 6 heteroatoms. The van der Waals surface area contributed by atoms with E-state index >= 15 is 0 Å². The summed E-state index contributed by atoms with van der Waals surface area (Å²) in [5, 5.41) is 9.41. The number of hydrogen-bond acceptors (Lipinski definition) is 2. The molecule has 0 heterocycles. The molecule has 26 heavy (non-hydrogen) atoms. The molecule has 2 rings (SSSR count). The van der Waals surface area contributed by atoms with E-state index in [2.05, 4.69) is 40.0 Å². The Hall–Kier alpha value is -2.09. The molecule has 0 saturated heterocycles. The fraction of sp³-hybridized carbons (Fsp3) is 0.300. The Balaban J connectivity index is 0.00000338. The van der Waals surface area contributed by atoms with Crippen molar-refractivity contribution >= 4 is 35.8 Å². The van der Waals surface area contributed by atoms with E-state index in [1.807, 2.05) is 43.3 Å². The summed E-state index contributed by atoms with van der Waals surface area (Å²) in [6.45, 7) is 5.94. The summed E-state index contributed by atoms with van der Waals surface area (Å²) in [6.07, 6.45) is 0. The molecule has 0 fully saturated rings. The van der Waals surface area contributed by atoms with E-state index in [0.717, 1.165) is 11.5 Å². The van der Waals surface area contributed by atoms with Crippen molar-refractivity contribution in [3.05, 3.63) is 70.8 Å². The molecule has 5 nitrogen and oxygen atoms in total. The highest BCUT2D eigenvalue weighted by molar-refractivity contribution is 14.0. The molecular weight excluding hydrogens is 439 g/mol. The van der Waals surface area contributed by atoms with Gasteiger partial charge in [0, 0.05) is 32.2 Å². The van der Waals surface area contributed by atoms with Crippen LogP contribution in [0.4, 0.5) is 0 Å². The number of nitrogens with one attached hydrogen (secondary N) is 3. The molecule has 0 atom stereocenters. The molecule has 0 bridgehead atoms. The summed E-state index contributed by atoms with van der Waals surface area (Å²) in [7, 11) is 1.75. The maximum atomic E-state index is 11.9. The van der Waals surface area contributed by atoms with Gasteiger partial charge in [0.2, 0.25) is 0 Å². The SMILES string of the molecule is CCNC(=O)c1cccc(CNC(=NC)NCc2ccccc2C)c1.I. The van der Waals surface area contributed by atoms with Crippen LogP contribution in [0, 0.1) is 6.92 Å². The van der Waals surface area contributed by atoms with Crippen LogP contribution in [0.5, 0.6) is 0 Å². The number of benzene rings is 2. The van der Waals surface area contributed by atoms with Crippen LogP contribution in [-0.4, -0.2) is 25.5 Å². The van der Waals surface area contributed by atoms with Gasteiger partial charge in [0.25, 0.3) is 5.91 Å². The number of hydrogen-bond donors (Lipinski definition) is 3. The Morgan fingerprint density at radius 1 is 1.00 bits per heavy atom. The van der Waals surface area contributed by atoms with Gasteiger partial charge in [0.15, 0.2) is 5.96 Å². The van der Waals surface area contributed by atoms with Gasteiger partial charge in [0.05, 0.1) is 0 Å². The average Bonchev–Trinajstić information content (AvgIpc) is 2.63. The minimum atomic E-state index is -0.0496. The molecule has 3 N–H and O–H groups in total. The highest BCUT2D eigenvalue weighted by Gasteiger charge is 2.05. The largest absolute Gasteiger partial charge is 0.352 e. The van der Waals surface area contributed by atoms with Crippen LogP contribution in [0.25, 0.3) is 0 Å². The summed E-state index contributed by atoms with van der Waals surface area (Å²) in [4.78, 5) is 16.2. The number of carbonyl (C=O) groups is 1. The number of rotatable bonds is 6. The Bertz CT molecular complexity index is 746. The van der Waals surface area contributed by atoms with Crippen LogP contribution >= 0.6 is 24.0 Å². The van der Waals surface area contributed by atoms with Crippen molar-refractivity contribution in [3.63, 3.8) is 0 Å². The molecule has 2 aromatic carbocycles.